The number of halogens is 1. The first kappa shape index (κ1) is 32.8. The van der Waals surface area contributed by atoms with Crippen LogP contribution in [0.3, 0.4) is 0 Å². The molecule has 10 nitrogen and oxygen atoms in total. The second-order valence-corrected chi connectivity index (χ2v) is 18.6. The minimum Gasteiger partial charge on any atom is -0.432 e. The monoisotopic (exact) mass is 729 g/mol. The second kappa shape index (κ2) is 12.6. The number of ether oxygens (including phenoxy) is 1. The van der Waals surface area contributed by atoms with Crippen LogP contribution in [0.25, 0.3) is 0 Å². The lowest BCUT2D eigenvalue weighted by molar-refractivity contribution is -0.146. The maximum absolute atomic E-state index is 14.7. The van der Waals surface area contributed by atoms with Crippen LogP contribution in [-0.2, 0) is 33.0 Å². The van der Waals surface area contributed by atoms with Crippen LogP contribution in [0.15, 0.2) is 83.5 Å². The quantitative estimate of drug-likeness (QED) is 0.167. The van der Waals surface area contributed by atoms with Gasteiger partial charge in [0, 0.05) is 52.9 Å². The number of hydrogen-bond donors (Lipinski definition) is 2. The van der Waals surface area contributed by atoms with Crippen LogP contribution in [0.2, 0.25) is 18.6 Å². The van der Waals surface area contributed by atoms with E-state index < -0.39 is 20.0 Å². The van der Waals surface area contributed by atoms with E-state index in [9.17, 15) is 19.5 Å². The molecule has 3 aliphatic heterocycles. The maximum Gasteiger partial charge on any atom is 0.264 e. The zero-order chi connectivity index (χ0) is 33.8. The Morgan fingerprint density at radius 2 is 1.83 bits per heavy atom. The van der Waals surface area contributed by atoms with E-state index in [1.54, 1.807) is 14.5 Å². The van der Waals surface area contributed by atoms with Crippen LogP contribution < -0.4 is 9.80 Å². The minimum atomic E-state index is -2.84. The van der Waals surface area contributed by atoms with E-state index in [-0.39, 0.29) is 35.8 Å². The fraction of sp³-hybridized carbons (Fsp3) is 0.389. The number of carbonyl (C=O) groups excluding carboxylic acids is 2. The van der Waals surface area contributed by atoms with Crippen LogP contribution >= 0.6 is 15.9 Å². The number of aliphatic hydroxyl groups excluding tert-OH is 1. The molecular weight excluding hydrogens is 690 g/mol. The summed E-state index contributed by atoms with van der Waals surface area (Å²) in [6.45, 7) is 7.35. The highest BCUT2D eigenvalue weighted by atomic mass is 79.9. The summed E-state index contributed by atoms with van der Waals surface area (Å²) in [5, 5.41) is 18.9. The Morgan fingerprint density at radius 1 is 1.08 bits per heavy atom. The lowest BCUT2D eigenvalue weighted by atomic mass is 9.82. The standard InChI is InChI=1S/C36H40BrN5O5Si/c1-23-34(48(2,3)46)32(15-17-40-21-30(38-39-40)28(22-43)25-7-5-4-6-8-25)47-36(23)29-19-26(37)11-14-31(29)42(35(36)45)20-24-9-12-27(13-10-24)41-18-16-33(41)44/h4-14,19,21,23,28,32,34,43,46H,15-18,20,22H2,1-3H3/t23-,28?,32+,34-,36+/m1/s1. The fourth-order valence-corrected chi connectivity index (χ4v) is 10.9. The molecule has 0 radical (unpaired) electrons. The van der Waals surface area contributed by atoms with E-state index >= 15 is 0 Å². The summed E-state index contributed by atoms with van der Waals surface area (Å²) in [4.78, 5) is 41.9. The van der Waals surface area contributed by atoms with Gasteiger partial charge in [-0.15, -0.1) is 5.10 Å². The summed E-state index contributed by atoms with van der Waals surface area (Å²) in [6, 6.07) is 23.4. The van der Waals surface area contributed by atoms with Crippen LogP contribution in [-0.4, -0.2) is 64.3 Å². The molecule has 2 amide bonds. The highest BCUT2D eigenvalue weighted by molar-refractivity contribution is 9.10. The number of nitrogens with zero attached hydrogens (tertiary/aromatic N) is 5. The lowest BCUT2D eigenvalue weighted by Gasteiger charge is -2.32. The van der Waals surface area contributed by atoms with Gasteiger partial charge in [-0.1, -0.05) is 70.5 Å². The molecule has 0 bridgehead atoms. The van der Waals surface area contributed by atoms with Crippen molar-refractivity contribution in [3.63, 3.8) is 0 Å². The molecule has 7 rings (SSSR count). The Balaban J connectivity index is 1.16. The number of amides is 2. The van der Waals surface area contributed by atoms with E-state index in [4.69, 9.17) is 4.74 Å². The van der Waals surface area contributed by atoms with Crippen molar-refractivity contribution in [2.75, 3.05) is 23.0 Å². The first-order valence-corrected chi connectivity index (χ1v) is 20.3. The van der Waals surface area contributed by atoms with E-state index in [1.807, 2.05) is 99.0 Å². The minimum absolute atomic E-state index is 0.0866. The number of β-lactam (4-membered cyclic amide) rings is 1. The average Bonchev–Trinajstić information content (AvgIpc) is 3.71. The zero-order valence-electron chi connectivity index (χ0n) is 27.3. The summed E-state index contributed by atoms with van der Waals surface area (Å²) >= 11 is 3.63. The number of aliphatic hydroxyl groups is 1. The largest absolute Gasteiger partial charge is 0.432 e. The van der Waals surface area contributed by atoms with Gasteiger partial charge in [0.2, 0.25) is 5.91 Å². The van der Waals surface area contributed by atoms with Gasteiger partial charge in [-0.25, -0.2) is 0 Å². The SMILES string of the molecule is C[C@@H]1[C@@H]([Si](C)(C)O)[C@H](CCn2cc(C(CO)c3ccccc3)nn2)O[C@@]12C(=O)N(Cc1ccc(N3CCC3=O)cc1)c1ccc(Br)cc12. The zero-order valence-corrected chi connectivity index (χ0v) is 29.9. The third-order valence-corrected chi connectivity index (χ3v) is 13.3. The topological polar surface area (TPSA) is 121 Å². The molecule has 0 aliphatic carbocycles. The van der Waals surface area contributed by atoms with Crippen LogP contribution in [0.5, 0.6) is 0 Å². The molecule has 3 aromatic carbocycles. The van der Waals surface area contributed by atoms with Crippen molar-refractivity contribution in [2.24, 2.45) is 5.92 Å². The number of aromatic nitrogens is 3. The maximum atomic E-state index is 14.7. The molecule has 1 spiro atoms. The van der Waals surface area contributed by atoms with E-state index in [2.05, 4.69) is 26.2 Å². The Kier molecular flexibility index (Phi) is 8.65. The molecule has 4 aromatic rings. The molecule has 2 fully saturated rings. The summed E-state index contributed by atoms with van der Waals surface area (Å²) in [5.41, 5.74) is 3.58. The summed E-state index contributed by atoms with van der Waals surface area (Å²) < 4.78 is 9.60. The van der Waals surface area contributed by atoms with Crippen molar-refractivity contribution in [3.8, 4) is 0 Å². The first-order chi connectivity index (χ1) is 23.0. The molecule has 250 valence electrons. The number of aryl methyl sites for hydroxylation is 1. The number of hydrogen-bond acceptors (Lipinski definition) is 7. The number of benzene rings is 3. The van der Waals surface area contributed by atoms with Gasteiger partial charge in [0.1, 0.15) is 0 Å². The van der Waals surface area contributed by atoms with Crippen molar-refractivity contribution < 1.29 is 24.2 Å². The van der Waals surface area contributed by atoms with Crippen LogP contribution in [0.4, 0.5) is 11.4 Å². The number of anilines is 2. The van der Waals surface area contributed by atoms with Gasteiger partial charge in [0.15, 0.2) is 13.9 Å². The molecule has 2 saturated heterocycles. The molecule has 2 N–H and O–H groups in total. The molecule has 3 aliphatic rings. The Morgan fingerprint density at radius 3 is 2.48 bits per heavy atom. The Labute approximate surface area is 289 Å². The van der Waals surface area contributed by atoms with Gasteiger partial charge in [-0.3, -0.25) is 14.3 Å². The van der Waals surface area contributed by atoms with Crippen molar-refractivity contribution in [2.45, 2.75) is 69.1 Å². The van der Waals surface area contributed by atoms with Gasteiger partial charge in [0.25, 0.3) is 5.91 Å². The Bertz CT molecular complexity index is 1830. The summed E-state index contributed by atoms with van der Waals surface area (Å²) in [5.74, 6) is -0.583. The molecule has 4 heterocycles. The fourth-order valence-electron chi connectivity index (χ4n) is 7.93. The normalized spacial score (nSPS) is 24.3. The van der Waals surface area contributed by atoms with Crippen molar-refractivity contribution in [3.05, 3.63) is 106 Å². The molecule has 48 heavy (non-hydrogen) atoms. The number of fused-ring (bicyclic) bond motifs is 2. The van der Waals surface area contributed by atoms with E-state index in [0.717, 1.165) is 39.1 Å². The van der Waals surface area contributed by atoms with Crippen molar-refractivity contribution >= 4 is 47.4 Å². The van der Waals surface area contributed by atoms with E-state index in [0.29, 0.717) is 31.6 Å². The molecular formula is C36H40BrN5O5Si. The second-order valence-electron chi connectivity index (χ2n) is 13.7. The Hall–Kier alpha value is -3.68. The van der Waals surface area contributed by atoms with Gasteiger partial charge < -0.3 is 24.4 Å². The average molecular weight is 731 g/mol. The first-order valence-electron chi connectivity index (χ1n) is 16.5. The predicted molar refractivity (Wildman–Crippen MR) is 188 cm³/mol. The van der Waals surface area contributed by atoms with Gasteiger partial charge in [0.05, 0.1) is 36.6 Å². The lowest BCUT2D eigenvalue weighted by Crippen LogP contribution is -2.46. The summed E-state index contributed by atoms with van der Waals surface area (Å²) in [7, 11) is -2.84. The van der Waals surface area contributed by atoms with Crippen LogP contribution in [0.1, 0.15) is 48.1 Å². The molecule has 5 atom stereocenters. The number of rotatable bonds is 10. The molecule has 12 heteroatoms. The van der Waals surface area contributed by atoms with E-state index in [1.165, 1.54) is 0 Å². The molecule has 0 saturated carbocycles. The third-order valence-electron chi connectivity index (χ3n) is 10.3. The highest BCUT2D eigenvalue weighted by Crippen LogP contribution is 2.60. The smallest absolute Gasteiger partial charge is 0.264 e. The van der Waals surface area contributed by atoms with Gasteiger partial charge >= 0.3 is 0 Å². The molecule has 1 aromatic heterocycles. The number of carbonyl (C=O) groups is 2. The van der Waals surface area contributed by atoms with Gasteiger partial charge in [-0.2, -0.15) is 0 Å². The van der Waals surface area contributed by atoms with Gasteiger partial charge in [-0.05, 0) is 61.0 Å². The molecule has 1 unspecified atom stereocenters. The van der Waals surface area contributed by atoms with Crippen LogP contribution in [0, 0.1) is 5.92 Å². The summed E-state index contributed by atoms with van der Waals surface area (Å²) in [6.07, 6.45) is 2.56. The highest BCUT2D eigenvalue weighted by Gasteiger charge is 2.66. The predicted octanol–water partition coefficient (Wildman–Crippen LogP) is 5.34. The van der Waals surface area contributed by atoms with Crippen molar-refractivity contribution in [1.82, 2.24) is 15.0 Å². The van der Waals surface area contributed by atoms with Crippen molar-refractivity contribution in [1.29, 1.82) is 0 Å². The third kappa shape index (κ3) is 5.63.